The number of aromatic nitrogens is 1. The number of carbonyl (C=O) groups is 1. The highest BCUT2D eigenvalue weighted by atomic mass is 35.5. The fraction of sp³-hybridized carbons (Fsp3) is 0.368. The number of hydrogen-bond donors (Lipinski definition) is 1. The molecule has 0 amide bonds. The number of likely N-dealkylation sites (tertiary alicyclic amines) is 1. The molecule has 0 radical (unpaired) electrons. The monoisotopic (exact) mass is 378 g/mol. The summed E-state index contributed by atoms with van der Waals surface area (Å²) in [6.07, 6.45) is 4.22. The standard InChI is InChI=1S/C19H20Cl2N2O2/c1-2-12-5-8-16(22-11-12)18(14-7-6-13(20)10-15(14)21)23-9-3-4-17(23)19(24)25/h5-8,10-11,17-18H,2-4,9H2,1H3,(H,24,25). The lowest BCUT2D eigenvalue weighted by Crippen LogP contribution is -2.39. The van der Waals surface area contributed by atoms with Gasteiger partial charge in [-0.1, -0.05) is 42.3 Å². The van der Waals surface area contributed by atoms with Crippen LogP contribution >= 0.6 is 23.2 Å². The van der Waals surface area contributed by atoms with Gasteiger partial charge in [-0.15, -0.1) is 0 Å². The molecule has 1 aliphatic heterocycles. The molecule has 6 heteroatoms. The first-order valence-electron chi connectivity index (χ1n) is 8.39. The van der Waals surface area contributed by atoms with Gasteiger partial charge in [-0.2, -0.15) is 0 Å². The summed E-state index contributed by atoms with van der Waals surface area (Å²) in [6, 6.07) is 8.49. The molecule has 25 heavy (non-hydrogen) atoms. The van der Waals surface area contributed by atoms with Gasteiger partial charge in [0.1, 0.15) is 6.04 Å². The molecular formula is C19H20Cl2N2O2. The van der Waals surface area contributed by atoms with Gasteiger partial charge in [0.15, 0.2) is 0 Å². The molecule has 2 aromatic rings. The number of nitrogens with zero attached hydrogens (tertiary/aromatic N) is 2. The Morgan fingerprint density at radius 3 is 2.76 bits per heavy atom. The van der Waals surface area contributed by atoms with Crippen molar-refractivity contribution in [1.82, 2.24) is 9.88 Å². The van der Waals surface area contributed by atoms with Gasteiger partial charge >= 0.3 is 5.97 Å². The van der Waals surface area contributed by atoms with Gasteiger partial charge in [-0.3, -0.25) is 14.7 Å². The zero-order valence-electron chi connectivity index (χ0n) is 14.0. The van der Waals surface area contributed by atoms with Crippen LogP contribution in [0.5, 0.6) is 0 Å². The maximum absolute atomic E-state index is 11.7. The van der Waals surface area contributed by atoms with Crippen LogP contribution < -0.4 is 0 Å². The van der Waals surface area contributed by atoms with E-state index in [4.69, 9.17) is 23.2 Å². The Kier molecular flexibility index (Phi) is 5.62. The highest BCUT2D eigenvalue weighted by Crippen LogP contribution is 2.38. The summed E-state index contributed by atoms with van der Waals surface area (Å²) in [5.41, 5.74) is 2.77. The number of aryl methyl sites for hydroxylation is 1. The Labute approximate surface area is 157 Å². The maximum atomic E-state index is 11.7. The van der Waals surface area contributed by atoms with E-state index < -0.39 is 12.0 Å². The SMILES string of the molecule is CCc1ccc(C(c2ccc(Cl)cc2Cl)N2CCCC2C(=O)O)nc1. The van der Waals surface area contributed by atoms with Crippen LogP contribution in [0.25, 0.3) is 0 Å². The minimum absolute atomic E-state index is 0.306. The quantitative estimate of drug-likeness (QED) is 0.826. The van der Waals surface area contributed by atoms with Crippen LogP contribution in [0.1, 0.15) is 42.6 Å². The van der Waals surface area contributed by atoms with Crippen molar-refractivity contribution in [2.45, 2.75) is 38.3 Å². The van der Waals surface area contributed by atoms with E-state index in [0.29, 0.717) is 23.0 Å². The number of benzene rings is 1. The number of carboxylic acid groups (broad SMARTS) is 1. The van der Waals surface area contributed by atoms with Gasteiger partial charge in [-0.25, -0.2) is 0 Å². The van der Waals surface area contributed by atoms with Crippen LogP contribution in [0, 0.1) is 0 Å². The Morgan fingerprint density at radius 2 is 2.16 bits per heavy atom. The van der Waals surface area contributed by atoms with E-state index in [9.17, 15) is 9.90 Å². The van der Waals surface area contributed by atoms with Crippen molar-refractivity contribution in [1.29, 1.82) is 0 Å². The van der Waals surface area contributed by atoms with E-state index >= 15 is 0 Å². The molecule has 1 N–H and O–H groups in total. The molecule has 3 rings (SSSR count). The van der Waals surface area contributed by atoms with Gasteiger partial charge in [0, 0.05) is 22.8 Å². The van der Waals surface area contributed by atoms with E-state index in [-0.39, 0.29) is 6.04 Å². The topological polar surface area (TPSA) is 53.4 Å². The van der Waals surface area contributed by atoms with Crippen LogP contribution in [0.15, 0.2) is 36.5 Å². The van der Waals surface area contributed by atoms with Crippen molar-refractivity contribution >= 4 is 29.2 Å². The van der Waals surface area contributed by atoms with E-state index in [1.165, 1.54) is 0 Å². The number of pyridine rings is 1. The Morgan fingerprint density at radius 1 is 1.36 bits per heavy atom. The predicted molar refractivity (Wildman–Crippen MR) is 99.3 cm³/mol. The van der Waals surface area contributed by atoms with E-state index in [2.05, 4.69) is 11.9 Å². The number of carboxylic acids is 1. The van der Waals surface area contributed by atoms with Crippen molar-refractivity contribution in [3.05, 3.63) is 63.4 Å². The molecule has 0 spiro atoms. The third-order valence-electron chi connectivity index (χ3n) is 4.70. The summed E-state index contributed by atoms with van der Waals surface area (Å²) in [6.45, 7) is 2.77. The third kappa shape index (κ3) is 3.81. The van der Waals surface area contributed by atoms with Crippen LogP contribution in [0.3, 0.4) is 0 Å². The van der Waals surface area contributed by atoms with Crippen LogP contribution in [0.2, 0.25) is 10.0 Å². The van der Waals surface area contributed by atoms with Crippen molar-refractivity contribution in [3.8, 4) is 0 Å². The minimum atomic E-state index is -0.808. The lowest BCUT2D eigenvalue weighted by Gasteiger charge is -2.31. The van der Waals surface area contributed by atoms with E-state index in [1.54, 1.807) is 12.1 Å². The summed E-state index contributed by atoms with van der Waals surface area (Å²) in [4.78, 5) is 18.3. The molecule has 0 saturated carbocycles. The first-order chi connectivity index (χ1) is 12.0. The zero-order valence-corrected chi connectivity index (χ0v) is 15.5. The molecule has 0 aliphatic carbocycles. The zero-order chi connectivity index (χ0) is 18.0. The summed E-state index contributed by atoms with van der Waals surface area (Å²) < 4.78 is 0. The van der Waals surface area contributed by atoms with Crippen LogP contribution in [0.4, 0.5) is 0 Å². The first-order valence-corrected chi connectivity index (χ1v) is 9.15. The van der Waals surface area contributed by atoms with Crippen molar-refractivity contribution in [2.75, 3.05) is 6.54 Å². The molecule has 1 saturated heterocycles. The second-order valence-corrected chi connectivity index (χ2v) is 7.09. The second kappa shape index (κ2) is 7.73. The molecule has 2 unspecified atom stereocenters. The minimum Gasteiger partial charge on any atom is -0.480 e. The highest BCUT2D eigenvalue weighted by molar-refractivity contribution is 6.35. The van der Waals surface area contributed by atoms with Crippen molar-refractivity contribution in [3.63, 3.8) is 0 Å². The number of hydrogen-bond acceptors (Lipinski definition) is 3. The number of rotatable bonds is 5. The summed E-state index contributed by atoms with van der Waals surface area (Å²) in [7, 11) is 0. The normalized spacial score (nSPS) is 19.1. The van der Waals surface area contributed by atoms with E-state index in [0.717, 1.165) is 29.7 Å². The lowest BCUT2D eigenvalue weighted by molar-refractivity contribution is -0.142. The van der Waals surface area contributed by atoms with Crippen molar-refractivity contribution < 1.29 is 9.90 Å². The third-order valence-corrected chi connectivity index (χ3v) is 5.27. The fourth-order valence-electron chi connectivity index (χ4n) is 3.40. The second-order valence-electron chi connectivity index (χ2n) is 6.25. The van der Waals surface area contributed by atoms with Gasteiger partial charge in [-0.05, 0) is 48.6 Å². The molecule has 132 valence electrons. The first kappa shape index (κ1) is 18.2. The molecular weight excluding hydrogens is 359 g/mol. The predicted octanol–water partition coefficient (Wildman–Crippen LogP) is 4.59. The van der Waals surface area contributed by atoms with Gasteiger partial charge in [0.2, 0.25) is 0 Å². The fourth-order valence-corrected chi connectivity index (χ4v) is 3.91. The van der Waals surface area contributed by atoms with Gasteiger partial charge < -0.3 is 5.11 Å². The molecule has 1 aromatic carbocycles. The van der Waals surface area contributed by atoms with Crippen LogP contribution in [-0.2, 0) is 11.2 Å². The number of halogens is 2. The molecule has 4 nitrogen and oxygen atoms in total. The average molecular weight is 379 g/mol. The van der Waals surface area contributed by atoms with Crippen LogP contribution in [-0.4, -0.2) is 33.5 Å². The lowest BCUT2D eigenvalue weighted by atomic mass is 9.99. The molecule has 2 heterocycles. The average Bonchev–Trinajstić information content (AvgIpc) is 3.07. The maximum Gasteiger partial charge on any atom is 0.320 e. The molecule has 1 fully saturated rings. The highest BCUT2D eigenvalue weighted by Gasteiger charge is 2.38. The summed E-state index contributed by atoms with van der Waals surface area (Å²) in [5.74, 6) is -0.808. The summed E-state index contributed by atoms with van der Waals surface area (Å²) in [5, 5.41) is 10.7. The van der Waals surface area contributed by atoms with E-state index in [1.807, 2.05) is 29.3 Å². The van der Waals surface area contributed by atoms with Crippen molar-refractivity contribution in [2.24, 2.45) is 0 Å². The molecule has 2 atom stereocenters. The Hall–Kier alpha value is -1.62. The smallest absolute Gasteiger partial charge is 0.320 e. The number of aliphatic carboxylic acids is 1. The van der Waals surface area contributed by atoms with Gasteiger partial charge in [0.25, 0.3) is 0 Å². The molecule has 0 bridgehead atoms. The summed E-state index contributed by atoms with van der Waals surface area (Å²) >= 11 is 12.5. The van der Waals surface area contributed by atoms with Gasteiger partial charge in [0.05, 0.1) is 11.7 Å². The Bertz CT molecular complexity index is 765. The largest absolute Gasteiger partial charge is 0.480 e. The Balaban J connectivity index is 2.08. The molecule has 1 aromatic heterocycles. The molecule has 1 aliphatic rings.